The summed E-state index contributed by atoms with van der Waals surface area (Å²) >= 11 is 19.2. The predicted octanol–water partition coefficient (Wildman–Crippen LogP) is 8.49. The summed E-state index contributed by atoms with van der Waals surface area (Å²) in [6, 6.07) is 9.50. The lowest BCUT2D eigenvalue weighted by molar-refractivity contribution is 0.302. The SMILES string of the molecule is CCCCCCC/N=C/c1cc(Br)c(OCc2ccc(Cl)c(Cl)c2)c(Br)c1. The van der Waals surface area contributed by atoms with Crippen LogP contribution in [0.3, 0.4) is 0 Å². The van der Waals surface area contributed by atoms with Crippen molar-refractivity contribution in [3.63, 3.8) is 0 Å². The zero-order valence-corrected chi connectivity index (χ0v) is 20.0. The monoisotopic (exact) mass is 533 g/mol. The fourth-order valence-corrected chi connectivity index (χ4v) is 4.32. The van der Waals surface area contributed by atoms with Crippen LogP contribution in [0.25, 0.3) is 0 Å². The van der Waals surface area contributed by atoms with Gasteiger partial charge in [-0.15, -0.1) is 0 Å². The predicted molar refractivity (Wildman–Crippen MR) is 124 cm³/mol. The molecule has 2 aromatic carbocycles. The van der Waals surface area contributed by atoms with Gasteiger partial charge in [-0.25, -0.2) is 0 Å². The number of unbranched alkanes of at least 4 members (excludes halogenated alkanes) is 4. The summed E-state index contributed by atoms with van der Waals surface area (Å²) in [5.41, 5.74) is 1.99. The molecule has 0 N–H and O–H groups in total. The van der Waals surface area contributed by atoms with Crippen LogP contribution >= 0.6 is 55.1 Å². The second-order valence-corrected chi connectivity index (χ2v) is 8.82. The number of nitrogens with zero attached hydrogens (tertiary/aromatic N) is 1. The van der Waals surface area contributed by atoms with Gasteiger partial charge in [-0.3, -0.25) is 4.99 Å². The average Bonchev–Trinajstić information content (AvgIpc) is 2.63. The van der Waals surface area contributed by atoms with Gasteiger partial charge < -0.3 is 4.74 Å². The van der Waals surface area contributed by atoms with E-state index in [4.69, 9.17) is 27.9 Å². The quantitative estimate of drug-likeness (QED) is 0.221. The van der Waals surface area contributed by atoms with Crippen molar-refractivity contribution >= 4 is 61.3 Å². The van der Waals surface area contributed by atoms with Crippen molar-refractivity contribution in [2.45, 2.75) is 45.6 Å². The molecule has 2 aromatic rings. The van der Waals surface area contributed by atoms with Gasteiger partial charge in [0.15, 0.2) is 0 Å². The Labute approximate surface area is 188 Å². The van der Waals surface area contributed by atoms with Crippen molar-refractivity contribution < 1.29 is 4.74 Å². The molecule has 0 radical (unpaired) electrons. The first-order valence-electron chi connectivity index (χ1n) is 9.07. The molecule has 0 amide bonds. The summed E-state index contributed by atoms with van der Waals surface area (Å²) in [6.45, 7) is 3.50. The van der Waals surface area contributed by atoms with Crippen molar-refractivity contribution in [3.05, 3.63) is 60.4 Å². The molecule has 2 nitrogen and oxygen atoms in total. The zero-order valence-electron chi connectivity index (χ0n) is 15.3. The highest BCUT2D eigenvalue weighted by molar-refractivity contribution is 9.11. The third-order valence-electron chi connectivity index (χ3n) is 4.02. The molecule has 0 unspecified atom stereocenters. The minimum Gasteiger partial charge on any atom is -0.487 e. The molecule has 0 fully saturated rings. The van der Waals surface area contributed by atoms with Gasteiger partial charge in [-0.2, -0.15) is 0 Å². The van der Waals surface area contributed by atoms with Crippen molar-refractivity contribution in [1.29, 1.82) is 0 Å². The van der Waals surface area contributed by atoms with Crippen LogP contribution in [0.2, 0.25) is 10.0 Å². The molecule has 0 aliphatic rings. The van der Waals surface area contributed by atoms with Gasteiger partial charge in [0, 0.05) is 12.8 Å². The van der Waals surface area contributed by atoms with Crippen LogP contribution in [-0.4, -0.2) is 12.8 Å². The zero-order chi connectivity index (χ0) is 19.6. The highest BCUT2D eigenvalue weighted by atomic mass is 79.9. The lowest BCUT2D eigenvalue weighted by atomic mass is 10.1. The van der Waals surface area contributed by atoms with E-state index >= 15 is 0 Å². The first-order valence-corrected chi connectivity index (χ1v) is 11.4. The summed E-state index contributed by atoms with van der Waals surface area (Å²) in [5, 5.41) is 1.06. The molecule has 27 heavy (non-hydrogen) atoms. The summed E-state index contributed by atoms with van der Waals surface area (Å²) in [5.74, 6) is 0.748. The highest BCUT2D eigenvalue weighted by Crippen LogP contribution is 2.35. The summed E-state index contributed by atoms with van der Waals surface area (Å²) in [4.78, 5) is 4.53. The molecule has 0 aliphatic heterocycles. The van der Waals surface area contributed by atoms with Gasteiger partial charge in [-0.05, 0) is 73.7 Å². The Morgan fingerprint density at radius 3 is 2.33 bits per heavy atom. The molecular formula is C21H23Br2Cl2NO. The maximum atomic E-state index is 6.05. The van der Waals surface area contributed by atoms with Gasteiger partial charge in [0.05, 0.1) is 19.0 Å². The van der Waals surface area contributed by atoms with E-state index in [-0.39, 0.29) is 0 Å². The maximum Gasteiger partial charge on any atom is 0.148 e. The minimum atomic E-state index is 0.402. The van der Waals surface area contributed by atoms with E-state index in [1.54, 1.807) is 6.07 Å². The molecule has 2 rings (SSSR count). The van der Waals surface area contributed by atoms with Crippen LogP contribution < -0.4 is 4.74 Å². The standard InChI is InChI=1S/C21H23Br2Cl2NO/c1-2-3-4-5-6-9-26-13-16-10-17(22)21(18(23)11-16)27-14-15-7-8-19(24)20(25)12-15/h7-8,10-13H,2-6,9,14H2,1H3/b26-13+. The van der Waals surface area contributed by atoms with E-state index in [2.05, 4.69) is 43.8 Å². The third-order valence-corrected chi connectivity index (χ3v) is 5.94. The van der Waals surface area contributed by atoms with E-state index in [1.165, 1.54) is 25.7 Å². The van der Waals surface area contributed by atoms with E-state index < -0.39 is 0 Å². The van der Waals surface area contributed by atoms with Gasteiger partial charge in [-0.1, -0.05) is 61.9 Å². The van der Waals surface area contributed by atoms with E-state index in [1.807, 2.05) is 30.5 Å². The molecule has 0 saturated heterocycles. The molecule has 0 saturated carbocycles. The van der Waals surface area contributed by atoms with Gasteiger partial charge in [0.1, 0.15) is 12.4 Å². The van der Waals surface area contributed by atoms with Crippen LogP contribution in [0.4, 0.5) is 0 Å². The summed E-state index contributed by atoms with van der Waals surface area (Å²) < 4.78 is 7.70. The Bertz CT molecular complexity index is 758. The third kappa shape index (κ3) is 7.77. The molecule has 0 bridgehead atoms. The number of rotatable bonds is 10. The first kappa shape index (κ1) is 22.7. The molecule has 146 valence electrons. The lowest BCUT2D eigenvalue weighted by Gasteiger charge is -2.12. The molecule has 0 aromatic heterocycles. The molecule has 0 aliphatic carbocycles. The lowest BCUT2D eigenvalue weighted by Crippen LogP contribution is -1.98. The average molecular weight is 536 g/mol. The maximum absolute atomic E-state index is 6.05. The molecule has 0 spiro atoms. The van der Waals surface area contributed by atoms with E-state index in [9.17, 15) is 0 Å². The van der Waals surface area contributed by atoms with Crippen LogP contribution in [-0.2, 0) is 6.61 Å². The number of ether oxygens (including phenoxy) is 1. The first-order chi connectivity index (χ1) is 13.0. The van der Waals surface area contributed by atoms with Crippen molar-refractivity contribution in [1.82, 2.24) is 0 Å². The Morgan fingerprint density at radius 2 is 1.67 bits per heavy atom. The highest BCUT2D eigenvalue weighted by Gasteiger charge is 2.09. The van der Waals surface area contributed by atoms with Gasteiger partial charge in [0.2, 0.25) is 0 Å². The minimum absolute atomic E-state index is 0.402. The van der Waals surface area contributed by atoms with Crippen LogP contribution in [0, 0.1) is 0 Å². The van der Waals surface area contributed by atoms with E-state index in [0.29, 0.717) is 16.7 Å². The fraction of sp³-hybridized carbons (Fsp3) is 0.381. The topological polar surface area (TPSA) is 21.6 Å². The Hall–Kier alpha value is -0.550. The summed E-state index contributed by atoms with van der Waals surface area (Å²) in [7, 11) is 0. The van der Waals surface area contributed by atoms with Crippen LogP contribution in [0.15, 0.2) is 44.3 Å². The van der Waals surface area contributed by atoms with Crippen LogP contribution in [0.5, 0.6) is 5.75 Å². The van der Waals surface area contributed by atoms with Crippen LogP contribution in [0.1, 0.15) is 50.2 Å². The smallest absolute Gasteiger partial charge is 0.148 e. The second-order valence-electron chi connectivity index (χ2n) is 6.30. The van der Waals surface area contributed by atoms with Crippen molar-refractivity contribution in [2.24, 2.45) is 4.99 Å². The normalized spacial score (nSPS) is 11.3. The Kier molecular flexibility index (Phi) is 10.2. The molecule has 6 heteroatoms. The van der Waals surface area contributed by atoms with Gasteiger partial charge in [0.25, 0.3) is 0 Å². The van der Waals surface area contributed by atoms with Crippen molar-refractivity contribution in [2.75, 3.05) is 6.54 Å². The number of hydrogen-bond donors (Lipinski definition) is 0. The Morgan fingerprint density at radius 1 is 0.963 bits per heavy atom. The van der Waals surface area contributed by atoms with Crippen molar-refractivity contribution in [3.8, 4) is 5.75 Å². The van der Waals surface area contributed by atoms with E-state index in [0.717, 1.165) is 38.8 Å². The molecule has 0 heterocycles. The second kappa shape index (κ2) is 12.1. The number of benzene rings is 2. The number of hydrogen-bond acceptors (Lipinski definition) is 2. The Balaban J connectivity index is 1.92. The van der Waals surface area contributed by atoms with Gasteiger partial charge >= 0.3 is 0 Å². The molecule has 0 atom stereocenters. The molecular weight excluding hydrogens is 513 g/mol. The largest absolute Gasteiger partial charge is 0.487 e. The fourth-order valence-electron chi connectivity index (χ4n) is 2.55. The summed E-state index contributed by atoms with van der Waals surface area (Å²) in [6.07, 6.45) is 8.19. The number of halogens is 4. The number of aliphatic imine (C=N–C) groups is 1.